The summed E-state index contributed by atoms with van der Waals surface area (Å²) in [4.78, 5) is 13.5. The van der Waals surface area contributed by atoms with Gasteiger partial charge in [0.05, 0.1) is 5.02 Å². The first kappa shape index (κ1) is 20.2. The van der Waals surface area contributed by atoms with E-state index >= 15 is 0 Å². The van der Waals surface area contributed by atoms with Gasteiger partial charge in [-0.1, -0.05) is 29.8 Å². The summed E-state index contributed by atoms with van der Waals surface area (Å²) in [5, 5.41) is 7.29. The second-order valence-electron chi connectivity index (χ2n) is 7.95. The van der Waals surface area contributed by atoms with E-state index in [1.807, 2.05) is 51.1 Å². The molecular formula is C22H27ClN2OS. The number of thioether (sulfide) groups is 1. The van der Waals surface area contributed by atoms with Crippen LogP contribution in [0.3, 0.4) is 0 Å². The van der Waals surface area contributed by atoms with Crippen LogP contribution < -0.4 is 10.6 Å². The third kappa shape index (κ3) is 5.50. The molecule has 2 aromatic carbocycles. The fourth-order valence-electron chi connectivity index (χ4n) is 3.19. The number of rotatable bonds is 4. The van der Waals surface area contributed by atoms with Crippen molar-refractivity contribution in [1.82, 2.24) is 10.6 Å². The molecule has 0 fully saturated rings. The fraction of sp³-hybridized carbons (Fsp3) is 0.409. The summed E-state index contributed by atoms with van der Waals surface area (Å²) in [6, 6.07) is 12.0. The van der Waals surface area contributed by atoms with Crippen molar-refractivity contribution in [3.8, 4) is 0 Å². The molecule has 2 N–H and O–H groups in total. The van der Waals surface area contributed by atoms with Crippen LogP contribution in [0.1, 0.15) is 47.8 Å². The van der Waals surface area contributed by atoms with Crippen LogP contribution in [-0.4, -0.2) is 24.5 Å². The molecular weight excluding hydrogens is 376 g/mol. The zero-order valence-electron chi connectivity index (χ0n) is 16.2. The number of hydrogen-bond donors (Lipinski definition) is 2. The Labute approximate surface area is 171 Å². The average Bonchev–Trinajstić information content (AvgIpc) is 2.85. The van der Waals surface area contributed by atoms with Gasteiger partial charge in [-0.15, -0.1) is 11.8 Å². The molecule has 0 spiro atoms. The predicted octanol–water partition coefficient (Wildman–Crippen LogP) is 4.85. The van der Waals surface area contributed by atoms with Gasteiger partial charge >= 0.3 is 0 Å². The average molecular weight is 403 g/mol. The summed E-state index contributed by atoms with van der Waals surface area (Å²) < 4.78 is 0. The highest BCUT2D eigenvalue weighted by Crippen LogP contribution is 2.36. The molecule has 144 valence electrons. The summed E-state index contributed by atoms with van der Waals surface area (Å²) in [5.41, 5.74) is 4.44. The first-order chi connectivity index (χ1) is 12.8. The van der Waals surface area contributed by atoms with Crippen LogP contribution in [0, 0.1) is 0 Å². The highest BCUT2D eigenvalue weighted by atomic mass is 35.5. The van der Waals surface area contributed by atoms with E-state index in [-0.39, 0.29) is 11.4 Å². The molecule has 5 heteroatoms. The van der Waals surface area contributed by atoms with Crippen molar-refractivity contribution in [1.29, 1.82) is 0 Å². The van der Waals surface area contributed by atoms with E-state index in [2.05, 4.69) is 16.7 Å². The lowest BCUT2D eigenvalue weighted by molar-refractivity contribution is 0.0919. The zero-order chi connectivity index (χ0) is 19.4. The van der Waals surface area contributed by atoms with Crippen LogP contribution in [-0.2, 0) is 18.6 Å². The van der Waals surface area contributed by atoms with Crippen molar-refractivity contribution in [3.63, 3.8) is 0 Å². The van der Waals surface area contributed by atoms with E-state index in [9.17, 15) is 4.79 Å². The monoisotopic (exact) mass is 402 g/mol. The van der Waals surface area contributed by atoms with Crippen LogP contribution in [0.4, 0.5) is 0 Å². The van der Waals surface area contributed by atoms with Crippen LogP contribution in [0.25, 0.3) is 0 Å². The van der Waals surface area contributed by atoms with Gasteiger partial charge in [0.1, 0.15) is 0 Å². The van der Waals surface area contributed by atoms with Crippen LogP contribution in [0.2, 0.25) is 5.02 Å². The molecule has 27 heavy (non-hydrogen) atoms. The Morgan fingerprint density at radius 1 is 1.11 bits per heavy atom. The molecule has 0 atom stereocenters. The normalized spacial score (nSPS) is 14.4. The molecule has 0 unspecified atom stereocenters. The largest absolute Gasteiger partial charge is 0.347 e. The number of amides is 1. The molecule has 0 saturated heterocycles. The maximum atomic E-state index is 12.2. The maximum absolute atomic E-state index is 12.2. The molecule has 1 aliphatic rings. The Balaban J connectivity index is 1.70. The number of carbonyl (C=O) groups is 1. The molecule has 0 saturated carbocycles. The standard InChI is InChI=1S/C22H27ClN2OS/c1-22(2,3)25-21(26)17-6-4-15(5-7-17)14-27-20-18-11-13-24-12-10-16(18)8-9-19(20)23/h4-9,24H,10-14H2,1-3H3,(H,25,26). The smallest absolute Gasteiger partial charge is 0.251 e. The molecule has 0 aliphatic carbocycles. The molecule has 3 nitrogen and oxygen atoms in total. The SMILES string of the molecule is CC(C)(C)NC(=O)c1ccc(CSc2c(Cl)ccc3c2CCNCC3)cc1. The molecule has 1 heterocycles. The van der Waals surface area contributed by atoms with Crippen molar-refractivity contribution >= 4 is 29.3 Å². The quantitative estimate of drug-likeness (QED) is 0.718. The summed E-state index contributed by atoms with van der Waals surface area (Å²) in [7, 11) is 0. The number of nitrogens with one attached hydrogen (secondary N) is 2. The predicted molar refractivity (Wildman–Crippen MR) is 115 cm³/mol. The molecule has 1 amide bonds. The van der Waals surface area contributed by atoms with Crippen molar-refractivity contribution in [2.45, 2.75) is 49.8 Å². The Bertz CT molecular complexity index is 812. The second-order valence-corrected chi connectivity index (χ2v) is 9.35. The number of carbonyl (C=O) groups excluding carboxylic acids is 1. The summed E-state index contributed by atoms with van der Waals surface area (Å²) in [6.07, 6.45) is 2.07. The topological polar surface area (TPSA) is 41.1 Å². The minimum Gasteiger partial charge on any atom is -0.347 e. The van der Waals surface area contributed by atoms with E-state index in [4.69, 9.17) is 11.6 Å². The highest BCUT2D eigenvalue weighted by molar-refractivity contribution is 7.98. The number of halogens is 1. The van der Waals surface area contributed by atoms with E-state index < -0.39 is 0 Å². The van der Waals surface area contributed by atoms with Crippen molar-refractivity contribution < 1.29 is 4.79 Å². The molecule has 3 rings (SSSR count). The lowest BCUT2D eigenvalue weighted by Gasteiger charge is -2.20. The number of fused-ring (bicyclic) bond motifs is 1. The van der Waals surface area contributed by atoms with Crippen molar-refractivity contribution in [2.24, 2.45) is 0 Å². The summed E-state index contributed by atoms with van der Waals surface area (Å²) >= 11 is 8.30. The van der Waals surface area contributed by atoms with Crippen molar-refractivity contribution in [2.75, 3.05) is 13.1 Å². The lowest BCUT2D eigenvalue weighted by atomic mass is 10.0. The fourth-order valence-corrected chi connectivity index (χ4v) is 4.64. The highest BCUT2D eigenvalue weighted by Gasteiger charge is 2.17. The summed E-state index contributed by atoms with van der Waals surface area (Å²) in [5.74, 6) is 0.802. The van der Waals surface area contributed by atoms with Crippen LogP contribution in [0.5, 0.6) is 0 Å². The van der Waals surface area contributed by atoms with Gasteiger partial charge in [0.2, 0.25) is 0 Å². The van der Waals surface area contributed by atoms with E-state index in [0.29, 0.717) is 5.56 Å². The molecule has 0 radical (unpaired) electrons. The Morgan fingerprint density at radius 3 is 2.52 bits per heavy atom. The van der Waals surface area contributed by atoms with Gasteiger partial charge in [0, 0.05) is 21.8 Å². The van der Waals surface area contributed by atoms with Gasteiger partial charge < -0.3 is 10.6 Å². The second kappa shape index (κ2) is 8.68. The van der Waals surface area contributed by atoms with Gasteiger partial charge in [0.15, 0.2) is 0 Å². The number of benzene rings is 2. The van der Waals surface area contributed by atoms with E-state index in [0.717, 1.165) is 36.7 Å². The lowest BCUT2D eigenvalue weighted by Crippen LogP contribution is -2.40. The van der Waals surface area contributed by atoms with Gasteiger partial charge in [-0.2, -0.15) is 0 Å². The summed E-state index contributed by atoms with van der Waals surface area (Å²) in [6.45, 7) is 7.98. The van der Waals surface area contributed by atoms with Gasteiger partial charge in [-0.3, -0.25) is 4.79 Å². The third-order valence-corrected chi connectivity index (χ3v) is 6.18. The molecule has 0 bridgehead atoms. The molecule has 0 aromatic heterocycles. The van der Waals surface area contributed by atoms with Gasteiger partial charge in [-0.25, -0.2) is 0 Å². The first-order valence-corrected chi connectivity index (χ1v) is 10.7. The Morgan fingerprint density at radius 2 is 1.81 bits per heavy atom. The first-order valence-electron chi connectivity index (χ1n) is 9.39. The Hall–Kier alpha value is -1.49. The molecule has 2 aromatic rings. The van der Waals surface area contributed by atoms with Gasteiger partial charge in [-0.05, 0) is 81.6 Å². The minimum atomic E-state index is -0.234. The zero-order valence-corrected chi connectivity index (χ0v) is 17.8. The Kier molecular flexibility index (Phi) is 6.51. The third-order valence-electron chi connectivity index (χ3n) is 4.52. The van der Waals surface area contributed by atoms with Gasteiger partial charge in [0.25, 0.3) is 5.91 Å². The van der Waals surface area contributed by atoms with Crippen LogP contribution in [0.15, 0.2) is 41.3 Å². The maximum Gasteiger partial charge on any atom is 0.251 e. The van der Waals surface area contributed by atoms with Crippen molar-refractivity contribution in [3.05, 3.63) is 63.7 Å². The molecule has 1 aliphatic heterocycles. The van der Waals surface area contributed by atoms with Crippen LogP contribution >= 0.6 is 23.4 Å². The van der Waals surface area contributed by atoms with E-state index in [1.54, 1.807) is 11.8 Å². The minimum absolute atomic E-state index is 0.0365. The van der Waals surface area contributed by atoms with E-state index in [1.165, 1.54) is 21.6 Å². The number of hydrogen-bond acceptors (Lipinski definition) is 3.